The zero-order valence-electron chi connectivity index (χ0n) is 13.6. The summed E-state index contributed by atoms with van der Waals surface area (Å²) in [6.45, 7) is 5.66. The second-order valence-corrected chi connectivity index (χ2v) is 6.69. The summed E-state index contributed by atoms with van der Waals surface area (Å²) in [5.41, 5.74) is 5.73. The average Bonchev–Trinajstić information content (AvgIpc) is 2.46. The number of nitrogens with one attached hydrogen (secondary N) is 1. The van der Waals surface area contributed by atoms with Crippen molar-refractivity contribution in [1.82, 2.24) is 5.43 Å². The van der Waals surface area contributed by atoms with E-state index in [9.17, 15) is 13.2 Å². The molecule has 0 aromatic rings. The van der Waals surface area contributed by atoms with Gasteiger partial charge < -0.3 is 4.74 Å². The van der Waals surface area contributed by atoms with Crippen LogP contribution in [0.4, 0.5) is 0 Å². The Labute approximate surface area is 137 Å². The van der Waals surface area contributed by atoms with Crippen LogP contribution in [0.1, 0.15) is 27.2 Å². The summed E-state index contributed by atoms with van der Waals surface area (Å²) >= 11 is 0. The van der Waals surface area contributed by atoms with Crippen LogP contribution in [0.25, 0.3) is 0 Å². The Hall–Kier alpha value is -1.99. The molecule has 23 heavy (non-hydrogen) atoms. The van der Waals surface area contributed by atoms with Crippen molar-refractivity contribution in [1.29, 1.82) is 0 Å². The Bertz CT molecular complexity index is 777. The molecule has 2 unspecified atom stereocenters. The van der Waals surface area contributed by atoms with Crippen molar-refractivity contribution in [3.63, 3.8) is 0 Å². The summed E-state index contributed by atoms with van der Waals surface area (Å²) in [7, 11) is -0.871. The van der Waals surface area contributed by atoms with Gasteiger partial charge in [0.25, 0.3) is 0 Å². The van der Waals surface area contributed by atoms with Gasteiger partial charge >= 0.3 is 0 Å². The predicted octanol–water partition coefficient (Wildman–Crippen LogP) is 1.40. The fourth-order valence-electron chi connectivity index (χ4n) is 2.80. The highest BCUT2D eigenvalue weighted by Gasteiger charge is 2.25. The highest BCUT2D eigenvalue weighted by Crippen LogP contribution is 2.23. The van der Waals surface area contributed by atoms with Gasteiger partial charge in [-0.1, -0.05) is 19.1 Å². The Morgan fingerprint density at radius 3 is 2.70 bits per heavy atom. The lowest BCUT2D eigenvalue weighted by Gasteiger charge is -2.23. The molecule has 1 heterocycles. The Morgan fingerprint density at radius 1 is 1.43 bits per heavy atom. The summed E-state index contributed by atoms with van der Waals surface area (Å²) in [5.74, 6) is -0.0873. The molecule has 1 N–H and O–H groups in total. The molecule has 1 amide bonds. The number of carbonyl (C=O) groups excluding carboxylic acids is 1. The van der Waals surface area contributed by atoms with E-state index in [4.69, 9.17) is 4.74 Å². The average molecular weight is 336 g/mol. The van der Waals surface area contributed by atoms with E-state index in [1.807, 2.05) is 32.9 Å². The summed E-state index contributed by atoms with van der Waals surface area (Å²) in [5, 5.41) is 4.12. The molecule has 124 valence electrons. The van der Waals surface area contributed by atoms with Gasteiger partial charge in [0.1, 0.15) is 11.0 Å². The lowest BCUT2D eigenvalue weighted by atomic mass is 9.90. The monoisotopic (exact) mass is 336 g/mol. The number of hydrogen-bond acceptors (Lipinski definition) is 5. The lowest BCUT2D eigenvalue weighted by Crippen LogP contribution is -2.32. The SMILES string of the molecule is COC1C(C=C(C)C2=NNC(=O)CC2C)=CC(C)=CC1=S(=O)=O. The van der Waals surface area contributed by atoms with Crippen molar-refractivity contribution >= 4 is 26.8 Å². The van der Waals surface area contributed by atoms with Crippen molar-refractivity contribution in [2.75, 3.05) is 7.11 Å². The molecule has 7 heteroatoms. The standard InChI is InChI=1S/C16H20N2O4S/c1-9-5-12(16(22-4)13(6-9)23(20)21)7-10(2)15-11(3)8-14(19)17-18-15/h5-7,11,16H,8H2,1-4H3,(H,17,19). The van der Waals surface area contributed by atoms with Crippen molar-refractivity contribution in [3.05, 3.63) is 34.9 Å². The lowest BCUT2D eigenvalue weighted by molar-refractivity contribution is -0.121. The molecule has 2 rings (SSSR count). The van der Waals surface area contributed by atoms with Crippen LogP contribution >= 0.6 is 0 Å². The minimum absolute atomic E-state index is 0.0129. The highest BCUT2D eigenvalue weighted by atomic mass is 32.2. The molecule has 0 bridgehead atoms. The van der Waals surface area contributed by atoms with Gasteiger partial charge in [-0.25, -0.2) is 5.43 Å². The number of hydrogen-bond donors (Lipinski definition) is 1. The first-order chi connectivity index (χ1) is 10.8. The first kappa shape index (κ1) is 17.4. The maximum absolute atomic E-state index is 11.4. The van der Waals surface area contributed by atoms with Gasteiger partial charge in [-0.2, -0.15) is 13.5 Å². The van der Waals surface area contributed by atoms with Crippen LogP contribution in [-0.4, -0.2) is 38.1 Å². The van der Waals surface area contributed by atoms with Gasteiger partial charge in [0, 0.05) is 19.4 Å². The van der Waals surface area contributed by atoms with E-state index >= 15 is 0 Å². The van der Waals surface area contributed by atoms with Crippen LogP contribution in [0.3, 0.4) is 0 Å². The van der Waals surface area contributed by atoms with Gasteiger partial charge in [-0.3, -0.25) is 4.79 Å². The summed E-state index contributed by atoms with van der Waals surface area (Å²) < 4.78 is 28.2. The number of nitrogens with zero attached hydrogens (tertiary/aromatic N) is 1. The first-order valence-electron chi connectivity index (χ1n) is 7.27. The Kier molecular flexibility index (Phi) is 5.33. The van der Waals surface area contributed by atoms with E-state index in [1.54, 1.807) is 6.08 Å². The highest BCUT2D eigenvalue weighted by molar-refractivity contribution is 7.73. The molecule has 0 radical (unpaired) electrons. The van der Waals surface area contributed by atoms with Gasteiger partial charge in [0.2, 0.25) is 16.2 Å². The summed E-state index contributed by atoms with van der Waals surface area (Å²) in [4.78, 5) is 11.5. The number of ether oxygens (including phenoxy) is 1. The molecule has 2 aliphatic rings. The summed E-state index contributed by atoms with van der Waals surface area (Å²) in [6.07, 6.45) is 5.11. The van der Waals surface area contributed by atoms with Crippen molar-refractivity contribution in [2.24, 2.45) is 11.0 Å². The Morgan fingerprint density at radius 2 is 2.13 bits per heavy atom. The van der Waals surface area contributed by atoms with Gasteiger partial charge in [-0.05, 0) is 36.6 Å². The zero-order chi connectivity index (χ0) is 17.1. The van der Waals surface area contributed by atoms with Crippen LogP contribution in [0.15, 0.2) is 40.0 Å². The topological polar surface area (TPSA) is 84.8 Å². The third-order valence-electron chi connectivity index (χ3n) is 3.80. The number of hydrazone groups is 1. The van der Waals surface area contributed by atoms with Crippen LogP contribution < -0.4 is 5.43 Å². The van der Waals surface area contributed by atoms with E-state index in [1.165, 1.54) is 7.11 Å². The molecule has 6 nitrogen and oxygen atoms in total. The van der Waals surface area contributed by atoms with Gasteiger partial charge in [0.15, 0.2) is 0 Å². The molecule has 0 spiro atoms. The fraction of sp³-hybridized carbons (Fsp3) is 0.438. The summed E-state index contributed by atoms with van der Waals surface area (Å²) in [6, 6.07) is 0. The second kappa shape index (κ2) is 7.06. The molecular formula is C16H20N2O4S. The second-order valence-electron chi connectivity index (χ2n) is 5.75. The molecular weight excluding hydrogens is 316 g/mol. The smallest absolute Gasteiger partial charge is 0.240 e. The molecule has 0 fully saturated rings. The van der Waals surface area contributed by atoms with Gasteiger partial charge in [-0.15, -0.1) is 0 Å². The predicted molar refractivity (Wildman–Crippen MR) is 89.7 cm³/mol. The van der Waals surface area contributed by atoms with E-state index in [0.29, 0.717) is 6.42 Å². The number of methoxy groups -OCH3 is 1. The van der Waals surface area contributed by atoms with Crippen LogP contribution in [0, 0.1) is 5.92 Å². The Balaban J connectivity index is 2.42. The molecule has 0 aromatic heterocycles. The first-order valence-corrected chi connectivity index (χ1v) is 8.34. The molecule has 2 atom stereocenters. The normalized spacial score (nSPS) is 25.4. The molecule has 0 aromatic carbocycles. The number of amides is 1. The van der Waals surface area contributed by atoms with E-state index in [-0.39, 0.29) is 16.7 Å². The third-order valence-corrected chi connectivity index (χ3v) is 4.52. The molecule has 0 saturated carbocycles. The maximum Gasteiger partial charge on any atom is 0.240 e. The van der Waals surface area contributed by atoms with Crippen molar-refractivity contribution < 1.29 is 17.9 Å². The largest absolute Gasteiger partial charge is 0.371 e. The van der Waals surface area contributed by atoms with E-state index in [2.05, 4.69) is 10.5 Å². The van der Waals surface area contributed by atoms with Crippen LogP contribution in [0.2, 0.25) is 0 Å². The number of allylic oxidation sites excluding steroid dienone is 3. The molecule has 0 saturated heterocycles. The minimum atomic E-state index is -2.35. The van der Waals surface area contributed by atoms with E-state index < -0.39 is 16.4 Å². The quantitative estimate of drug-likeness (QED) is 0.790. The maximum atomic E-state index is 11.4. The number of rotatable bonds is 3. The fourth-order valence-corrected chi connectivity index (χ4v) is 3.49. The minimum Gasteiger partial charge on any atom is -0.371 e. The van der Waals surface area contributed by atoms with E-state index in [0.717, 1.165) is 22.4 Å². The molecule has 1 aliphatic carbocycles. The molecule has 1 aliphatic heterocycles. The van der Waals surface area contributed by atoms with Crippen LogP contribution in [0.5, 0.6) is 0 Å². The van der Waals surface area contributed by atoms with Crippen LogP contribution in [-0.2, 0) is 19.8 Å². The zero-order valence-corrected chi connectivity index (χ0v) is 14.4. The number of carbonyl (C=O) groups is 1. The van der Waals surface area contributed by atoms with Gasteiger partial charge in [0.05, 0.1) is 5.71 Å². The van der Waals surface area contributed by atoms with Crippen molar-refractivity contribution in [2.45, 2.75) is 33.3 Å². The third kappa shape index (κ3) is 3.86. The van der Waals surface area contributed by atoms with Crippen molar-refractivity contribution in [3.8, 4) is 0 Å².